The maximum atomic E-state index is 12.5. The lowest BCUT2D eigenvalue weighted by Crippen LogP contribution is -2.30. The fourth-order valence-corrected chi connectivity index (χ4v) is 3.69. The van der Waals surface area contributed by atoms with Gasteiger partial charge in [0.2, 0.25) is 11.1 Å². The average Bonchev–Trinajstić information content (AvgIpc) is 3.16. The highest BCUT2D eigenvalue weighted by Gasteiger charge is 2.16. The van der Waals surface area contributed by atoms with Gasteiger partial charge in [0.05, 0.1) is 18.9 Å². The first-order chi connectivity index (χ1) is 15.1. The summed E-state index contributed by atoms with van der Waals surface area (Å²) >= 11 is 1.24. The number of nitrogens with one attached hydrogen (secondary N) is 1. The SMILES string of the molecule is CCCC(NC(=O)CSc1nnc(COc2cccc(OC)c2)n1N)c1ccccc1. The summed E-state index contributed by atoms with van der Waals surface area (Å²) in [6.07, 6.45) is 1.85. The van der Waals surface area contributed by atoms with Crippen molar-refractivity contribution in [3.8, 4) is 11.5 Å². The minimum atomic E-state index is -0.0792. The molecule has 8 nitrogen and oxygen atoms in total. The summed E-state index contributed by atoms with van der Waals surface area (Å²) in [4.78, 5) is 12.5. The third-order valence-electron chi connectivity index (χ3n) is 4.59. The number of methoxy groups -OCH3 is 1. The van der Waals surface area contributed by atoms with Crippen LogP contribution in [-0.2, 0) is 11.4 Å². The number of hydrogen-bond acceptors (Lipinski definition) is 7. The molecule has 3 aromatic rings. The fraction of sp³-hybridized carbons (Fsp3) is 0.318. The normalized spacial score (nSPS) is 11.7. The van der Waals surface area contributed by atoms with E-state index in [-0.39, 0.29) is 24.3 Å². The smallest absolute Gasteiger partial charge is 0.230 e. The molecule has 0 radical (unpaired) electrons. The van der Waals surface area contributed by atoms with Crippen molar-refractivity contribution in [2.45, 2.75) is 37.6 Å². The molecule has 0 aliphatic rings. The van der Waals surface area contributed by atoms with E-state index in [1.807, 2.05) is 48.5 Å². The predicted molar refractivity (Wildman–Crippen MR) is 120 cm³/mol. The Labute approximate surface area is 186 Å². The third-order valence-corrected chi connectivity index (χ3v) is 5.53. The molecule has 0 saturated carbocycles. The van der Waals surface area contributed by atoms with Crippen LogP contribution in [0.4, 0.5) is 0 Å². The van der Waals surface area contributed by atoms with Crippen LogP contribution in [0, 0.1) is 0 Å². The zero-order chi connectivity index (χ0) is 22.1. The Balaban J connectivity index is 1.53. The maximum absolute atomic E-state index is 12.5. The minimum absolute atomic E-state index is 0.0122. The number of nitrogens with zero attached hydrogens (tertiary/aromatic N) is 3. The number of amides is 1. The molecular weight excluding hydrogens is 414 g/mol. The predicted octanol–water partition coefficient (Wildman–Crippen LogP) is 3.33. The molecule has 9 heteroatoms. The molecular formula is C22H27N5O3S. The molecule has 3 N–H and O–H groups in total. The van der Waals surface area contributed by atoms with E-state index in [1.165, 1.54) is 16.4 Å². The Kier molecular flexibility index (Phi) is 8.17. The number of rotatable bonds is 11. The second kappa shape index (κ2) is 11.3. The van der Waals surface area contributed by atoms with Gasteiger partial charge in [-0.15, -0.1) is 10.2 Å². The van der Waals surface area contributed by atoms with Gasteiger partial charge in [-0.05, 0) is 24.1 Å². The van der Waals surface area contributed by atoms with Crippen LogP contribution in [0.3, 0.4) is 0 Å². The molecule has 0 spiro atoms. The number of thioether (sulfide) groups is 1. The number of carbonyl (C=O) groups excluding carboxylic acids is 1. The second-order valence-corrected chi connectivity index (χ2v) is 7.79. The van der Waals surface area contributed by atoms with E-state index in [0.717, 1.165) is 18.4 Å². The Bertz CT molecular complexity index is 980. The maximum Gasteiger partial charge on any atom is 0.230 e. The highest BCUT2D eigenvalue weighted by molar-refractivity contribution is 7.99. The zero-order valence-corrected chi connectivity index (χ0v) is 18.5. The van der Waals surface area contributed by atoms with Crippen molar-refractivity contribution in [2.75, 3.05) is 18.7 Å². The van der Waals surface area contributed by atoms with Gasteiger partial charge in [-0.3, -0.25) is 4.79 Å². The first-order valence-corrected chi connectivity index (χ1v) is 11.0. The quantitative estimate of drug-likeness (QED) is 0.347. The summed E-state index contributed by atoms with van der Waals surface area (Å²) in [5, 5.41) is 11.7. The molecule has 0 fully saturated rings. The van der Waals surface area contributed by atoms with Gasteiger partial charge >= 0.3 is 0 Å². The number of nitrogen functional groups attached to an aromatic ring is 1. The van der Waals surface area contributed by atoms with Crippen molar-refractivity contribution in [1.29, 1.82) is 0 Å². The molecule has 1 aromatic heterocycles. The number of carbonyl (C=O) groups is 1. The molecule has 2 aromatic carbocycles. The van der Waals surface area contributed by atoms with Crippen LogP contribution in [0.25, 0.3) is 0 Å². The minimum Gasteiger partial charge on any atom is -0.497 e. The number of ether oxygens (including phenoxy) is 2. The average molecular weight is 442 g/mol. The van der Waals surface area contributed by atoms with Crippen LogP contribution >= 0.6 is 11.8 Å². The number of benzene rings is 2. The molecule has 0 saturated heterocycles. The fourth-order valence-electron chi connectivity index (χ4n) is 3.01. The van der Waals surface area contributed by atoms with Gasteiger partial charge in [-0.25, -0.2) is 4.68 Å². The highest BCUT2D eigenvalue weighted by Crippen LogP contribution is 2.21. The van der Waals surface area contributed by atoms with E-state index >= 15 is 0 Å². The molecule has 1 heterocycles. The van der Waals surface area contributed by atoms with Crippen molar-refractivity contribution in [3.63, 3.8) is 0 Å². The van der Waals surface area contributed by atoms with E-state index in [9.17, 15) is 4.79 Å². The molecule has 0 bridgehead atoms. The monoisotopic (exact) mass is 441 g/mol. The summed E-state index contributed by atoms with van der Waals surface area (Å²) in [5.41, 5.74) is 1.10. The topological polar surface area (TPSA) is 104 Å². The lowest BCUT2D eigenvalue weighted by molar-refractivity contribution is -0.119. The Hall–Kier alpha value is -3.20. The van der Waals surface area contributed by atoms with Crippen molar-refractivity contribution < 1.29 is 14.3 Å². The van der Waals surface area contributed by atoms with E-state index in [0.29, 0.717) is 22.5 Å². The molecule has 1 unspecified atom stereocenters. The number of nitrogens with two attached hydrogens (primary N) is 1. The van der Waals surface area contributed by atoms with Crippen LogP contribution in [0.1, 0.15) is 37.2 Å². The van der Waals surface area contributed by atoms with Gasteiger partial charge in [0.25, 0.3) is 0 Å². The third kappa shape index (κ3) is 6.39. The van der Waals surface area contributed by atoms with E-state index in [2.05, 4.69) is 22.4 Å². The van der Waals surface area contributed by atoms with Crippen molar-refractivity contribution >= 4 is 17.7 Å². The summed E-state index contributed by atoms with van der Waals surface area (Å²) in [6.45, 7) is 2.25. The summed E-state index contributed by atoms with van der Waals surface area (Å²) in [5.74, 6) is 7.99. The Morgan fingerprint density at radius 2 is 1.94 bits per heavy atom. The van der Waals surface area contributed by atoms with Crippen molar-refractivity contribution in [1.82, 2.24) is 20.2 Å². The molecule has 1 amide bonds. The van der Waals surface area contributed by atoms with Crippen LogP contribution in [-0.4, -0.2) is 33.6 Å². The van der Waals surface area contributed by atoms with Gasteiger partial charge in [-0.1, -0.05) is 61.5 Å². The van der Waals surface area contributed by atoms with Crippen molar-refractivity contribution in [2.24, 2.45) is 0 Å². The first kappa shape index (κ1) is 22.5. The van der Waals surface area contributed by atoms with Crippen LogP contribution in [0.15, 0.2) is 59.8 Å². The van der Waals surface area contributed by atoms with Gasteiger partial charge in [0.15, 0.2) is 5.82 Å². The standard InChI is InChI=1S/C22H27N5O3S/c1-3-8-19(16-9-5-4-6-10-16)24-21(28)15-31-22-26-25-20(27(22)23)14-30-18-12-7-11-17(13-18)29-2/h4-7,9-13,19H,3,8,14-15,23H2,1-2H3,(H,24,28). The summed E-state index contributed by atoms with van der Waals surface area (Å²) in [6, 6.07) is 17.2. The van der Waals surface area contributed by atoms with Gasteiger partial charge in [0, 0.05) is 6.07 Å². The molecule has 0 aliphatic carbocycles. The highest BCUT2D eigenvalue weighted by atomic mass is 32.2. The summed E-state index contributed by atoms with van der Waals surface area (Å²) in [7, 11) is 1.60. The lowest BCUT2D eigenvalue weighted by atomic mass is 10.0. The van der Waals surface area contributed by atoms with Gasteiger partial charge < -0.3 is 20.6 Å². The molecule has 3 rings (SSSR count). The Morgan fingerprint density at radius 1 is 1.16 bits per heavy atom. The van der Waals surface area contributed by atoms with Crippen molar-refractivity contribution in [3.05, 3.63) is 66.0 Å². The largest absolute Gasteiger partial charge is 0.497 e. The first-order valence-electron chi connectivity index (χ1n) is 10.0. The van der Waals surface area contributed by atoms with Crippen LogP contribution in [0.2, 0.25) is 0 Å². The lowest BCUT2D eigenvalue weighted by Gasteiger charge is -2.18. The Morgan fingerprint density at radius 3 is 2.68 bits per heavy atom. The van der Waals surface area contributed by atoms with Gasteiger partial charge in [-0.2, -0.15) is 0 Å². The molecule has 0 aliphatic heterocycles. The number of hydrogen-bond donors (Lipinski definition) is 2. The summed E-state index contributed by atoms with van der Waals surface area (Å²) < 4.78 is 12.2. The van der Waals surface area contributed by atoms with Crippen LogP contribution in [0.5, 0.6) is 11.5 Å². The molecule has 31 heavy (non-hydrogen) atoms. The van der Waals surface area contributed by atoms with E-state index in [1.54, 1.807) is 13.2 Å². The van der Waals surface area contributed by atoms with E-state index < -0.39 is 0 Å². The van der Waals surface area contributed by atoms with E-state index in [4.69, 9.17) is 15.3 Å². The molecule has 164 valence electrons. The van der Waals surface area contributed by atoms with Crippen LogP contribution < -0.4 is 20.6 Å². The zero-order valence-electron chi connectivity index (χ0n) is 17.7. The number of aromatic nitrogens is 3. The van der Waals surface area contributed by atoms with Gasteiger partial charge in [0.1, 0.15) is 18.1 Å². The second-order valence-electron chi connectivity index (χ2n) is 6.84. The molecule has 1 atom stereocenters.